The van der Waals surface area contributed by atoms with Gasteiger partial charge in [-0.2, -0.15) is 4.31 Å². The van der Waals surface area contributed by atoms with Crippen LogP contribution in [0.1, 0.15) is 19.8 Å². The van der Waals surface area contributed by atoms with Crippen LogP contribution in [0.2, 0.25) is 5.02 Å². The number of anilines is 1. The van der Waals surface area contributed by atoms with Crippen LogP contribution in [-0.2, 0) is 14.8 Å². The van der Waals surface area contributed by atoms with E-state index in [9.17, 15) is 13.2 Å². The number of amides is 1. The number of carbonyl (C=O) groups is 1. The van der Waals surface area contributed by atoms with Crippen molar-refractivity contribution >= 4 is 33.2 Å². The minimum atomic E-state index is -3.77. The van der Waals surface area contributed by atoms with E-state index in [2.05, 4.69) is 5.32 Å². The maximum Gasteiger partial charge on any atom is 0.246 e. The molecule has 116 valence electrons. The highest BCUT2D eigenvalue weighted by Gasteiger charge is 2.33. The van der Waals surface area contributed by atoms with Crippen molar-refractivity contribution < 1.29 is 13.2 Å². The zero-order chi connectivity index (χ0) is 15.6. The van der Waals surface area contributed by atoms with Gasteiger partial charge in [-0.25, -0.2) is 8.42 Å². The first kappa shape index (κ1) is 16.1. The summed E-state index contributed by atoms with van der Waals surface area (Å²) in [5.41, 5.74) is 5.90. The SMILES string of the molecule is CC(=O)NC1CCCN(S(=O)(=O)c2c(N)cccc2Cl)C1. The van der Waals surface area contributed by atoms with Crippen molar-refractivity contribution in [3.05, 3.63) is 23.2 Å². The van der Waals surface area contributed by atoms with Gasteiger partial charge in [0.15, 0.2) is 0 Å². The second-order valence-electron chi connectivity index (χ2n) is 5.06. The molecular weight excluding hydrogens is 314 g/mol. The Labute approximate surface area is 129 Å². The molecular formula is C13H18ClN3O3S. The molecule has 0 bridgehead atoms. The minimum absolute atomic E-state index is 0.0601. The highest BCUT2D eigenvalue weighted by Crippen LogP contribution is 2.31. The largest absolute Gasteiger partial charge is 0.398 e. The van der Waals surface area contributed by atoms with E-state index >= 15 is 0 Å². The van der Waals surface area contributed by atoms with Gasteiger partial charge in [0.2, 0.25) is 15.9 Å². The van der Waals surface area contributed by atoms with Crippen LogP contribution in [0.25, 0.3) is 0 Å². The molecule has 0 spiro atoms. The van der Waals surface area contributed by atoms with Crippen molar-refractivity contribution in [3.63, 3.8) is 0 Å². The van der Waals surface area contributed by atoms with Gasteiger partial charge in [0.25, 0.3) is 0 Å². The number of halogens is 1. The van der Waals surface area contributed by atoms with Crippen LogP contribution in [-0.4, -0.2) is 37.8 Å². The molecule has 6 nitrogen and oxygen atoms in total. The summed E-state index contributed by atoms with van der Waals surface area (Å²) in [6.07, 6.45) is 1.43. The fourth-order valence-corrected chi connectivity index (χ4v) is 4.65. The topological polar surface area (TPSA) is 92.5 Å². The van der Waals surface area contributed by atoms with Gasteiger partial charge < -0.3 is 11.1 Å². The molecule has 8 heteroatoms. The molecule has 1 saturated heterocycles. The van der Waals surface area contributed by atoms with E-state index in [0.29, 0.717) is 13.0 Å². The lowest BCUT2D eigenvalue weighted by atomic mass is 10.1. The van der Waals surface area contributed by atoms with Gasteiger partial charge in [-0.05, 0) is 25.0 Å². The van der Waals surface area contributed by atoms with Gasteiger partial charge in [-0.1, -0.05) is 17.7 Å². The van der Waals surface area contributed by atoms with Crippen molar-refractivity contribution in [3.8, 4) is 0 Å². The van der Waals surface area contributed by atoms with Gasteiger partial charge in [0.1, 0.15) is 4.90 Å². The summed E-state index contributed by atoms with van der Waals surface area (Å²) in [7, 11) is -3.77. The first-order valence-electron chi connectivity index (χ1n) is 6.63. The minimum Gasteiger partial charge on any atom is -0.398 e. The van der Waals surface area contributed by atoms with Crippen LogP contribution < -0.4 is 11.1 Å². The number of benzene rings is 1. The zero-order valence-electron chi connectivity index (χ0n) is 11.7. The Hall–Kier alpha value is -1.31. The van der Waals surface area contributed by atoms with Crippen LogP contribution >= 0.6 is 11.6 Å². The summed E-state index contributed by atoms with van der Waals surface area (Å²) in [6.45, 7) is 2.04. The number of nitrogen functional groups attached to an aromatic ring is 1. The van der Waals surface area contributed by atoms with Gasteiger partial charge in [0, 0.05) is 26.1 Å². The molecule has 2 rings (SSSR count). The molecule has 1 aromatic rings. The lowest BCUT2D eigenvalue weighted by molar-refractivity contribution is -0.119. The third-order valence-corrected chi connectivity index (χ3v) is 5.80. The van der Waals surface area contributed by atoms with Crippen LogP contribution in [0, 0.1) is 0 Å². The third-order valence-electron chi connectivity index (χ3n) is 3.39. The van der Waals surface area contributed by atoms with E-state index in [1.165, 1.54) is 23.4 Å². The molecule has 1 atom stereocenters. The van der Waals surface area contributed by atoms with Gasteiger partial charge >= 0.3 is 0 Å². The Morgan fingerprint density at radius 1 is 1.48 bits per heavy atom. The van der Waals surface area contributed by atoms with Crippen LogP contribution in [0.15, 0.2) is 23.1 Å². The maximum absolute atomic E-state index is 12.7. The summed E-state index contributed by atoms with van der Waals surface area (Å²) in [5, 5.41) is 2.86. The average molecular weight is 332 g/mol. The van der Waals surface area contributed by atoms with Gasteiger partial charge in [-0.15, -0.1) is 0 Å². The molecule has 21 heavy (non-hydrogen) atoms. The number of hydrogen-bond donors (Lipinski definition) is 2. The quantitative estimate of drug-likeness (QED) is 0.814. The van der Waals surface area contributed by atoms with E-state index < -0.39 is 10.0 Å². The summed E-state index contributed by atoms with van der Waals surface area (Å²) < 4.78 is 26.7. The van der Waals surface area contributed by atoms with Crippen molar-refractivity contribution in [2.75, 3.05) is 18.8 Å². The predicted molar refractivity (Wildman–Crippen MR) is 81.5 cm³/mol. The molecule has 1 unspecified atom stereocenters. The second kappa shape index (κ2) is 6.21. The molecule has 1 aliphatic rings. The molecule has 1 amide bonds. The van der Waals surface area contributed by atoms with E-state index in [0.717, 1.165) is 6.42 Å². The number of carbonyl (C=O) groups excluding carboxylic acids is 1. The Balaban J connectivity index is 2.29. The number of sulfonamides is 1. The number of piperidine rings is 1. The Morgan fingerprint density at radius 2 is 2.19 bits per heavy atom. The average Bonchev–Trinajstić information content (AvgIpc) is 2.37. The normalized spacial score (nSPS) is 20.2. The van der Waals surface area contributed by atoms with Crippen molar-refractivity contribution in [2.24, 2.45) is 0 Å². The summed E-state index contributed by atoms with van der Waals surface area (Å²) >= 11 is 6.00. The summed E-state index contributed by atoms with van der Waals surface area (Å²) in [6, 6.07) is 4.43. The Bertz CT molecular complexity index is 628. The van der Waals surface area contributed by atoms with Crippen molar-refractivity contribution in [2.45, 2.75) is 30.7 Å². The molecule has 1 aliphatic heterocycles. The van der Waals surface area contributed by atoms with Crippen LogP contribution in [0.5, 0.6) is 0 Å². The molecule has 0 aliphatic carbocycles. The molecule has 0 saturated carbocycles. The van der Waals surface area contributed by atoms with Gasteiger partial charge in [0.05, 0.1) is 10.7 Å². The monoisotopic (exact) mass is 331 g/mol. The molecule has 1 fully saturated rings. The van der Waals surface area contributed by atoms with Gasteiger partial charge in [-0.3, -0.25) is 4.79 Å². The van der Waals surface area contributed by atoms with E-state index in [1.54, 1.807) is 6.07 Å². The standard InChI is InChI=1S/C13H18ClN3O3S/c1-9(18)16-10-4-3-7-17(8-10)21(19,20)13-11(14)5-2-6-12(13)15/h2,5-6,10H,3-4,7-8,15H2,1H3,(H,16,18). The van der Waals surface area contributed by atoms with Crippen LogP contribution in [0.4, 0.5) is 5.69 Å². The lowest BCUT2D eigenvalue weighted by Gasteiger charge is -2.32. The number of nitrogens with one attached hydrogen (secondary N) is 1. The zero-order valence-corrected chi connectivity index (χ0v) is 13.2. The Morgan fingerprint density at radius 3 is 2.81 bits per heavy atom. The molecule has 0 radical (unpaired) electrons. The second-order valence-corrected chi connectivity index (χ2v) is 7.34. The smallest absolute Gasteiger partial charge is 0.246 e. The number of nitrogens with zero attached hydrogens (tertiary/aromatic N) is 1. The van der Waals surface area contributed by atoms with Crippen LogP contribution in [0.3, 0.4) is 0 Å². The van der Waals surface area contributed by atoms with E-state index in [4.69, 9.17) is 17.3 Å². The Kier molecular flexibility index (Phi) is 4.75. The number of rotatable bonds is 3. The first-order chi connectivity index (χ1) is 9.82. The van der Waals surface area contributed by atoms with Crippen molar-refractivity contribution in [1.82, 2.24) is 9.62 Å². The first-order valence-corrected chi connectivity index (χ1v) is 8.45. The predicted octanol–water partition coefficient (Wildman–Crippen LogP) is 1.21. The maximum atomic E-state index is 12.7. The summed E-state index contributed by atoms with van der Waals surface area (Å²) in [4.78, 5) is 11.1. The number of nitrogens with two attached hydrogens (primary N) is 1. The lowest BCUT2D eigenvalue weighted by Crippen LogP contribution is -2.49. The third kappa shape index (κ3) is 3.48. The van der Waals surface area contributed by atoms with Crippen molar-refractivity contribution in [1.29, 1.82) is 0 Å². The molecule has 1 aromatic carbocycles. The fraction of sp³-hybridized carbons (Fsp3) is 0.462. The highest BCUT2D eigenvalue weighted by atomic mass is 35.5. The van der Waals surface area contributed by atoms with E-state index in [1.807, 2.05) is 0 Å². The fourth-order valence-electron chi connectivity index (χ4n) is 2.49. The number of hydrogen-bond acceptors (Lipinski definition) is 4. The van der Waals surface area contributed by atoms with E-state index in [-0.39, 0.29) is 34.1 Å². The summed E-state index contributed by atoms with van der Waals surface area (Å²) in [5.74, 6) is -0.170. The molecule has 3 N–H and O–H groups in total. The molecule has 0 aromatic heterocycles. The molecule has 1 heterocycles. The highest BCUT2D eigenvalue weighted by molar-refractivity contribution is 7.89.